The summed E-state index contributed by atoms with van der Waals surface area (Å²) in [6.07, 6.45) is 2.37. The molecule has 1 aliphatic heterocycles. The molecule has 2 rings (SSSR count). The van der Waals surface area contributed by atoms with Crippen LogP contribution in [-0.4, -0.2) is 11.8 Å². The van der Waals surface area contributed by atoms with Crippen LogP contribution in [0, 0.1) is 5.41 Å². The Bertz CT molecular complexity index is 279. The van der Waals surface area contributed by atoms with Gasteiger partial charge in [-0.05, 0) is 12.8 Å². The van der Waals surface area contributed by atoms with Gasteiger partial charge in [-0.25, -0.2) is 0 Å². The van der Waals surface area contributed by atoms with Crippen LogP contribution in [-0.2, 0) is 14.3 Å². The summed E-state index contributed by atoms with van der Waals surface area (Å²) < 4.78 is 4.82. The lowest BCUT2D eigenvalue weighted by Crippen LogP contribution is -2.30. The van der Waals surface area contributed by atoms with E-state index < -0.39 is 5.41 Å². The average Bonchev–Trinajstić information content (AvgIpc) is 2.44. The maximum atomic E-state index is 11.4. The maximum Gasteiger partial charge on any atom is 0.325 e. The lowest BCUT2D eigenvalue weighted by Gasteiger charge is -2.13. The Hall–Kier alpha value is -1.12. The number of allylic oxidation sites excluding steroid dienone is 1. The van der Waals surface area contributed by atoms with Crippen LogP contribution >= 0.6 is 0 Å². The molecule has 0 aromatic heterocycles. The van der Waals surface area contributed by atoms with E-state index in [9.17, 15) is 9.59 Å². The van der Waals surface area contributed by atoms with Crippen molar-refractivity contribution >= 4 is 11.8 Å². The first-order valence-electron chi connectivity index (χ1n) is 4.08. The molecule has 1 spiro atoms. The maximum absolute atomic E-state index is 11.4. The van der Waals surface area contributed by atoms with Crippen molar-refractivity contribution in [2.24, 2.45) is 5.41 Å². The van der Waals surface area contributed by atoms with Crippen molar-refractivity contribution in [2.45, 2.75) is 25.7 Å². The lowest BCUT2D eigenvalue weighted by atomic mass is 9.83. The molecule has 0 N–H and O–H groups in total. The number of carbonyl (C=O) groups excluding carboxylic acids is 2. The van der Waals surface area contributed by atoms with Crippen molar-refractivity contribution < 1.29 is 14.3 Å². The third-order valence-electron chi connectivity index (χ3n) is 2.67. The predicted octanol–water partition coefficient (Wildman–Crippen LogP) is 1.19. The number of esters is 1. The monoisotopic (exact) mass is 166 g/mol. The molecule has 2 aliphatic rings. The fraction of sp³-hybridized carbons (Fsp3) is 0.556. The molecule has 1 unspecified atom stereocenters. The molecule has 0 aromatic carbocycles. The van der Waals surface area contributed by atoms with E-state index in [4.69, 9.17) is 4.74 Å². The Kier molecular flexibility index (Phi) is 1.37. The highest BCUT2D eigenvalue weighted by Crippen LogP contribution is 2.45. The van der Waals surface area contributed by atoms with Gasteiger partial charge in [0.05, 0.1) is 0 Å². The summed E-state index contributed by atoms with van der Waals surface area (Å²) in [7, 11) is 0. The number of cyclic esters (lactones) is 1. The van der Waals surface area contributed by atoms with Gasteiger partial charge < -0.3 is 4.74 Å². The lowest BCUT2D eigenvalue weighted by molar-refractivity contribution is -0.148. The summed E-state index contributed by atoms with van der Waals surface area (Å²) in [5.74, 6) is 0.0939. The molecule has 1 saturated heterocycles. The van der Waals surface area contributed by atoms with Gasteiger partial charge in [0.1, 0.15) is 11.2 Å². The zero-order valence-electron chi connectivity index (χ0n) is 6.76. The molecule has 1 heterocycles. The topological polar surface area (TPSA) is 43.4 Å². The van der Waals surface area contributed by atoms with Gasteiger partial charge in [-0.15, -0.1) is 0 Å². The highest BCUT2D eigenvalue weighted by molar-refractivity contribution is 6.07. The van der Waals surface area contributed by atoms with E-state index in [2.05, 4.69) is 6.58 Å². The molecule has 2 fully saturated rings. The smallest absolute Gasteiger partial charge is 0.325 e. The normalized spacial score (nSPS) is 34.8. The summed E-state index contributed by atoms with van der Waals surface area (Å²) in [6, 6.07) is 0. The predicted molar refractivity (Wildman–Crippen MR) is 41.1 cm³/mol. The van der Waals surface area contributed by atoms with Crippen molar-refractivity contribution in [3.8, 4) is 0 Å². The first-order valence-corrected chi connectivity index (χ1v) is 4.08. The Labute approximate surface area is 70.4 Å². The summed E-state index contributed by atoms with van der Waals surface area (Å²) in [6.45, 7) is 3.56. The van der Waals surface area contributed by atoms with Gasteiger partial charge >= 0.3 is 5.97 Å². The second-order valence-corrected chi connectivity index (χ2v) is 3.46. The molecular formula is C9H10O3. The molecule has 1 atom stereocenters. The van der Waals surface area contributed by atoms with E-state index in [0.717, 1.165) is 6.42 Å². The third-order valence-corrected chi connectivity index (χ3v) is 2.67. The molecule has 1 aliphatic carbocycles. The zero-order chi connectivity index (χ0) is 8.77. The molecular weight excluding hydrogens is 156 g/mol. The van der Waals surface area contributed by atoms with Crippen LogP contribution in [0.2, 0.25) is 0 Å². The second-order valence-electron chi connectivity index (χ2n) is 3.46. The second kappa shape index (κ2) is 2.19. The van der Waals surface area contributed by atoms with Gasteiger partial charge in [0.25, 0.3) is 0 Å². The minimum Gasteiger partial charge on any atom is -0.431 e. The van der Waals surface area contributed by atoms with Crippen LogP contribution in [0.4, 0.5) is 0 Å². The largest absolute Gasteiger partial charge is 0.431 e. The molecule has 0 bridgehead atoms. The van der Waals surface area contributed by atoms with E-state index in [1.54, 1.807) is 0 Å². The molecule has 1 saturated carbocycles. The number of carbonyl (C=O) groups is 2. The van der Waals surface area contributed by atoms with Crippen LogP contribution in [0.5, 0.6) is 0 Å². The highest BCUT2D eigenvalue weighted by Gasteiger charge is 2.54. The number of Topliss-reactive ketones (excluding diaryl/α,β-unsaturated/α-hetero) is 1. The first kappa shape index (κ1) is 7.53. The fourth-order valence-electron chi connectivity index (χ4n) is 2.01. The molecule has 3 nitrogen and oxygen atoms in total. The van der Waals surface area contributed by atoms with Crippen molar-refractivity contribution in [2.75, 3.05) is 0 Å². The minimum atomic E-state index is -0.822. The number of hydrogen-bond donors (Lipinski definition) is 0. The van der Waals surface area contributed by atoms with Gasteiger partial charge in [0, 0.05) is 12.8 Å². The standard InChI is InChI=1S/C9H10O3/c1-6-5-9(8(11)12-6)4-2-3-7(9)10/h1-5H2. The Balaban J connectivity index is 2.37. The van der Waals surface area contributed by atoms with Crippen LogP contribution in [0.25, 0.3) is 0 Å². The van der Waals surface area contributed by atoms with Crippen molar-refractivity contribution in [1.29, 1.82) is 0 Å². The van der Waals surface area contributed by atoms with Crippen molar-refractivity contribution in [3.05, 3.63) is 12.3 Å². The van der Waals surface area contributed by atoms with E-state index >= 15 is 0 Å². The van der Waals surface area contributed by atoms with Crippen molar-refractivity contribution in [3.63, 3.8) is 0 Å². The highest BCUT2D eigenvalue weighted by atomic mass is 16.5. The van der Waals surface area contributed by atoms with Crippen LogP contribution in [0.15, 0.2) is 12.3 Å². The first-order chi connectivity index (χ1) is 5.65. The third kappa shape index (κ3) is 0.763. The Morgan fingerprint density at radius 1 is 1.42 bits per heavy atom. The zero-order valence-corrected chi connectivity index (χ0v) is 6.76. The number of ether oxygens (including phenoxy) is 1. The van der Waals surface area contributed by atoms with Crippen molar-refractivity contribution in [1.82, 2.24) is 0 Å². The van der Waals surface area contributed by atoms with Crippen LogP contribution in [0.3, 0.4) is 0 Å². The SMILES string of the molecule is C=C1CC2(CCCC2=O)C(=O)O1. The van der Waals surface area contributed by atoms with Crippen LogP contribution < -0.4 is 0 Å². The summed E-state index contributed by atoms with van der Waals surface area (Å²) in [5, 5.41) is 0. The number of hydrogen-bond acceptors (Lipinski definition) is 3. The quantitative estimate of drug-likeness (QED) is 0.401. The van der Waals surface area contributed by atoms with Gasteiger partial charge in [-0.2, -0.15) is 0 Å². The summed E-state index contributed by atoms with van der Waals surface area (Å²) in [5.41, 5.74) is -0.822. The Morgan fingerprint density at radius 3 is 2.58 bits per heavy atom. The van der Waals surface area contributed by atoms with Gasteiger partial charge in [0.15, 0.2) is 5.78 Å². The average molecular weight is 166 g/mol. The molecule has 12 heavy (non-hydrogen) atoms. The van der Waals surface area contributed by atoms with Crippen LogP contribution in [0.1, 0.15) is 25.7 Å². The van der Waals surface area contributed by atoms with Gasteiger partial charge in [-0.1, -0.05) is 6.58 Å². The Morgan fingerprint density at radius 2 is 2.17 bits per heavy atom. The minimum absolute atomic E-state index is 0.0335. The fourth-order valence-corrected chi connectivity index (χ4v) is 2.01. The molecule has 0 amide bonds. The van der Waals surface area contributed by atoms with Gasteiger partial charge in [0.2, 0.25) is 0 Å². The molecule has 64 valence electrons. The number of ketones is 1. The van der Waals surface area contributed by atoms with E-state index in [1.165, 1.54) is 0 Å². The molecule has 0 aromatic rings. The molecule has 3 heteroatoms. The van der Waals surface area contributed by atoms with Gasteiger partial charge in [-0.3, -0.25) is 9.59 Å². The summed E-state index contributed by atoms with van der Waals surface area (Å²) in [4.78, 5) is 22.7. The van der Waals surface area contributed by atoms with E-state index in [-0.39, 0.29) is 11.8 Å². The van der Waals surface area contributed by atoms with E-state index in [1.807, 2.05) is 0 Å². The molecule has 0 radical (unpaired) electrons. The summed E-state index contributed by atoms with van der Waals surface area (Å²) >= 11 is 0. The number of rotatable bonds is 0. The van der Waals surface area contributed by atoms with E-state index in [0.29, 0.717) is 25.0 Å².